The first-order chi connectivity index (χ1) is 19.5. The van der Waals surface area contributed by atoms with Gasteiger partial charge in [-0.1, -0.05) is 12.1 Å². The lowest BCUT2D eigenvalue weighted by molar-refractivity contribution is -0.142. The molecule has 2 unspecified atom stereocenters. The summed E-state index contributed by atoms with van der Waals surface area (Å²) in [5.74, 6) is 0.146. The van der Waals surface area contributed by atoms with Crippen LogP contribution in [0.5, 0.6) is 5.75 Å². The lowest BCUT2D eigenvalue weighted by Crippen LogP contribution is -2.46. The van der Waals surface area contributed by atoms with Gasteiger partial charge in [-0.2, -0.15) is 4.80 Å². The molecule has 12 heteroatoms. The quantitative estimate of drug-likeness (QED) is 0.303. The maximum absolute atomic E-state index is 13.8. The monoisotopic (exact) mass is 548 g/mol. The summed E-state index contributed by atoms with van der Waals surface area (Å²) in [6, 6.07) is 14.9. The molecular weight excluding hydrogens is 519 g/mol. The van der Waals surface area contributed by atoms with Crippen LogP contribution in [0, 0.1) is 5.82 Å². The molecule has 1 fully saturated rings. The molecule has 0 bridgehead atoms. The molecule has 208 valence electrons. The molecule has 40 heavy (non-hydrogen) atoms. The number of furan rings is 1. The number of rotatable bonds is 11. The van der Waals surface area contributed by atoms with Crippen LogP contribution in [0.4, 0.5) is 4.39 Å². The van der Waals surface area contributed by atoms with E-state index in [1.165, 1.54) is 40.2 Å². The van der Waals surface area contributed by atoms with Gasteiger partial charge in [0.15, 0.2) is 0 Å². The van der Waals surface area contributed by atoms with Crippen LogP contribution in [0.15, 0.2) is 71.3 Å². The Morgan fingerprint density at radius 1 is 1.18 bits per heavy atom. The van der Waals surface area contributed by atoms with Gasteiger partial charge in [0.2, 0.25) is 17.6 Å². The zero-order valence-corrected chi connectivity index (χ0v) is 21.9. The van der Waals surface area contributed by atoms with Gasteiger partial charge < -0.3 is 24.1 Å². The number of halogens is 1. The van der Waals surface area contributed by atoms with Crippen molar-refractivity contribution in [2.24, 2.45) is 0 Å². The third kappa shape index (κ3) is 6.52. The fourth-order valence-electron chi connectivity index (χ4n) is 4.51. The maximum Gasteiger partial charge on any atom is 0.247 e. The number of nitrogens with zero attached hydrogens (tertiary/aromatic N) is 5. The Balaban J connectivity index is 1.41. The van der Waals surface area contributed by atoms with Gasteiger partial charge in [0.1, 0.15) is 29.9 Å². The zero-order chi connectivity index (χ0) is 27.9. The van der Waals surface area contributed by atoms with Crippen LogP contribution < -0.4 is 10.1 Å². The lowest BCUT2D eigenvalue weighted by atomic mass is 10.0. The third-order valence-corrected chi connectivity index (χ3v) is 6.58. The number of tetrazole rings is 1. The number of carbonyl (C=O) groups is 2. The molecular formula is C28H29FN6O5. The summed E-state index contributed by atoms with van der Waals surface area (Å²) in [5.41, 5.74) is 1.14. The van der Waals surface area contributed by atoms with Crippen molar-refractivity contribution in [3.63, 3.8) is 0 Å². The van der Waals surface area contributed by atoms with Crippen LogP contribution in [-0.4, -0.2) is 63.3 Å². The zero-order valence-electron chi connectivity index (χ0n) is 21.9. The van der Waals surface area contributed by atoms with Gasteiger partial charge in [0, 0.05) is 18.7 Å². The second-order valence-corrected chi connectivity index (χ2v) is 9.31. The van der Waals surface area contributed by atoms with E-state index >= 15 is 0 Å². The number of aromatic nitrogens is 4. The first-order valence-electron chi connectivity index (χ1n) is 12.9. The molecule has 5 rings (SSSR count). The highest BCUT2D eigenvalue weighted by Crippen LogP contribution is 2.26. The summed E-state index contributed by atoms with van der Waals surface area (Å²) in [4.78, 5) is 29.9. The molecule has 2 aromatic heterocycles. The van der Waals surface area contributed by atoms with Crippen LogP contribution in [-0.2, 0) is 27.4 Å². The highest BCUT2D eigenvalue weighted by molar-refractivity contribution is 5.88. The summed E-state index contributed by atoms with van der Waals surface area (Å²) in [6.45, 7) is 0.644. The SMILES string of the molecule is COc1ccc(-c2nnn(CC(=O)N(Cc3ccco3)C(C(=O)NCC3CCCO3)c3ccc(F)cc3)n2)cc1. The number of hydrogen-bond donors (Lipinski definition) is 1. The number of carbonyl (C=O) groups excluding carboxylic acids is 2. The minimum atomic E-state index is -1.08. The fraction of sp³-hybridized carbons (Fsp3) is 0.321. The van der Waals surface area contributed by atoms with Gasteiger partial charge in [0.25, 0.3) is 0 Å². The van der Waals surface area contributed by atoms with Crippen molar-refractivity contribution < 1.29 is 27.9 Å². The molecule has 2 amide bonds. The van der Waals surface area contributed by atoms with Crippen LogP contribution >= 0.6 is 0 Å². The van der Waals surface area contributed by atoms with E-state index in [9.17, 15) is 14.0 Å². The number of ether oxygens (including phenoxy) is 2. The van der Waals surface area contributed by atoms with Gasteiger partial charge in [-0.3, -0.25) is 9.59 Å². The molecule has 0 spiro atoms. The summed E-state index contributed by atoms with van der Waals surface area (Å²) < 4.78 is 30.1. The molecule has 1 N–H and O–H groups in total. The van der Waals surface area contributed by atoms with E-state index in [4.69, 9.17) is 13.9 Å². The molecule has 2 aromatic carbocycles. The van der Waals surface area contributed by atoms with Gasteiger partial charge in [0.05, 0.1) is 26.0 Å². The highest BCUT2D eigenvalue weighted by Gasteiger charge is 2.33. The average molecular weight is 549 g/mol. The smallest absolute Gasteiger partial charge is 0.247 e. The van der Waals surface area contributed by atoms with E-state index in [1.807, 2.05) is 0 Å². The summed E-state index contributed by atoms with van der Waals surface area (Å²) in [5, 5.41) is 15.4. The summed E-state index contributed by atoms with van der Waals surface area (Å²) >= 11 is 0. The molecule has 0 saturated carbocycles. The highest BCUT2D eigenvalue weighted by atomic mass is 19.1. The maximum atomic E-state index is 13.8. The van der Waals surface area contributed by atoms with E-state index in [0.29, 0.717) is 41.6 Å². The van der Waals surface area contributed by atoms with Crippen LogP contribution in [0.1, 0.15) is 30.2 Å². The van der Waals surface area contributed by atoms with Crippen molar-refractivity contribution in [3.05, 3.63) is 84.1 Å². The molecule has 1 saturated heterocycles. The lowest BCUT2D eigenvalue weighted by Gasteiger charge is -2.31. The molecule has 11 nitrogen and oxygen atoms in total. The number of benzene rings is 2. The average Bonchev–Trinajstić information content (AvgIpc) is 3.76. The van der Waals surface area contributed by atoms with Gasteiger partial charge in [-0.25, -0.2) is 4.39 Å². The van der Waals surface area contributed by atoms with Gasteiger partial charge >= 0.3 is 0 Å². The molecule has 4 aromatic rings. The number of nitrogens with one attached hydrogen (secondary N) is 1. The van der Waals surface area contributed by atoms with Crippen molar-refractivity contribution in [1.82, 2.24) is 30.4 Å². The minimum absolute atomic E-state index is 0.0126. The van der Waals surface area contributed by atoms with Crippen molar-refractivity contribution >= 4 is 11.8 Å². The topological polar surface area (TPSA) is 125 Å². The normalized spacial score (nSPS) is 15.5. The molecule has 2 atom stereocenters. The van der Waals surface area contributed by atoms with Crippen molar-refractivity contribution in [3.8, 4) is 17.1 Å². The Morgan fingerprint density at radius 3 is 2.65 bits per heavy atom. The van der Waals surface area contributed by atoms with E-state index in [1.54, 1.807) is 43.5 Å². The molecule has 1 aliphatic rings. The first kappa shape index (κ1) is 27.0. The predicted molar refractivity (Wildman–Crippen MR) is 140 cm³/mol. The second kappa shape index (κ2) is 12.5. The Kier molecular flexibility index (Phi) is 8.45. The number of amides is 2. The van der Waals surface area contributed by atoms with Crippen LogP contribution in [0.25, 0.3) is 11.4 Å². The van der Waals surface area contributed by atoms with Gasteiger partial charge in [-0.15, -0.1) is 10.2 Å². The third-order valence-electron chi connectivity index (χ3n) is 6.58. The van der Waals surface area contributed by atoms with Crippen molar-refractivity contribution in [1.29, 1.82) is 0 Å². The largest absolute Gasteiger partial charge is 0.497 e. The molecule has 3 heterocycles. The van der Waals surface area contributed by atoms with Crippen LogP contribution in [0.2, 0.25) is 0 Å². The number of methoxy groups -OCH3 is 1. The Hall–Kier alpha value is -4.58. The summed E-state index contributed by atoms with van der Waals surface area (Å²) in [6.07, 6.45) is 3.16. The first-order valence-corrected chi connectivity index (χ1v) is 12.9. The Labute approximate surface area is 229 Å². The standard InChI is InChI=1S/C28H29FN6O5/c1-38-22-12-8-20(9-13-22)27-31-33-35(32-27)18-25(36)34(17-24-5-3-15-40-24)26(19-6-10-21(29)11-7-19)28(37)30-16-23-4-2-14-39-23/h3,5-13,15,23,26H,2,4,14,16-18H2,1H3,(H,30,37). The van der Waals surface area contributed by atoms with E-state index in [2.05, 4.69) is 20.7 Å². The number of hydrogen-bond acceptors (Lipinski definition) is 8. The Morgan fingerprint density at radius 2 is 1.98 bits per heavy atom. The minimum Gasteiger partial charge on any atom is -0.497 e. The Bertz CT molecular complexity index is 1400. The summed E-state index contributed by atoms with van der Waals surface area (Å²) in [7, 11) is 1.58. The predicted octanol–water partition coefficient (Wildman–Crippen LogP) is 3.15. The molecule has 1 aliphatic heterocycles. The van der Waals surface area contributed by atoms with Gasteiger partial charge in [-0.05, 0) is 72.1 Å². The van der Waals surface area contributed by atoms with E-state index < -0.39 is 23.7 Å². The van der Waals surface area contributed by atoms with Crippen LogP contribution in [0.3, 0.4) is 0 Å². The van der Waals surface area contributed by atoms with E-state index in [-0.39, 0.29) is 19.2 Å². The van der Waals surface area contributed by atoms with Crippen molar-refractivity contribution in [2.75, 3.05) is 20.3 Å². The molecule has 0 aliphatic carbocycles. The molecule has 0 radical (unpaired) electrons. The fourth-order valence-corrected chi connectivity index (χ4v) is 4.51. The second-order valence-electron chi connectivity index (χ2n) is 9.31. The van der Waals surface area contributed by atoms with Crippen molar-refractivity contribution in [2.45, 2.75) is 38.1 Å². The van der Waals surface area contributed by atoms with E-state index in [0.717, 1.165) is 12.8 Å².